The zero-order valence-corrected chi connectivity index (χ0v) is 11.4. The normalized spacial score (nSPS) is 10.2. The Kier molecular flexibility index (Phi) is 4.68. The molecule has 0 aliphatic carbocycles. The van der Waals surface area contributed by atoms with Gasteiger partial charge in [-0.05, 0) is 24.6 Å². The highest BCUT2D eigenvalue weighted by molar-refractivity contribution is 5.45. The van der Waals surface area contributed by atoms with E-state index in [9.17, 15) is 10.1 Å². The summed E-state index contributed by atoms with van der Waals surface area (Å²) >= 11 is 0. The maximum Gasteiger partial charge on any atom is 0.287 e. The monoisotopic (exact) mass is 290 g/mol. The van der Waals surface area contributed by atoms with Crippen molar-refractivity contribution in [1.82, 2.24) is 4.98 Å². The standard InChI is InChI=1S/C14H14N2O5/c1-2-20-13-7-10(9-17)3-5-12(13)21-14-6-4-11(8-15-14)16(18)19/h3-8,17H,2,9H2,1H3. The Morgan fingerprint density at radius 2 is 2.10 bits per heavy atom. The molecule has 21 heavy (non-hydrogen) atoms. The summed E-state index contributed by atoms with van der Waals surface area (Å²) in [5.74, 6) is 1.12. The van der Waals surface area contributed by atoms with E-state index in [1.165, 1.54) is 12.1 Å². The maximum atomic E-state index is 10.6. The second-order valence-corrected chi connectivity index (χ2v) is 4.09. The van der Waals surface area contributed by atoms with E-state index in [2.05, 4.69) is 4.98 Å². The van der Waals surface area contributed by atoms with Crippen LogP contribution in [-0.4, -0.2) is 21.6 Å². The van der Waals surface area contributed by atoms with E-state index < -0.39 is 4.92 Å². The van der Waals surface area contributed by atoms with Crippen LogP contribution < -0.4 is 9.47 Å². The zero-order valence-electron chi connectivity index (χ0n) is 11.4. The molecule has 0 atom stereocenters. The molecule has 0 bridgehead atoms. The van der Waals surface area contributed by atoms with Gasteiger partial charge in [0.05, 0.1) is 18.1 Å². The van der Waals surface area contributed by atoms with Crippen molar-refractivity contribution in [3.63, 3.8) is 0 Å². The SMILES string of the molecule is CCOc1cc(CO)ccc1Oc1ccc([N+](=O)[O-])cn1. The van der Waals surface area contributed by atoms with E-state index in [1.807, 2.05) is 6.92 Å². The van der Waals surface area contributed by atoms with E-state index in [0.717, 1.165) is 6.20 Å². The quantitative estimate of drug-likeness (QED) is 0.649. The van der Waals surface area contributed by atoms with Crippen molar-refractivity contribution in [2.24, 2.45) is 0 Å². The van der Waals surface area contributed by atoms with E-state index in [-0.39, 0.29) is 18.2 Å². The van der Waals surface area contributed by atoms with Crippen molar-refractivity contribution in [2.75, 3.05) is 6.61 Å². The summed E-state index contributed by atoms with van der Waals surface area (Å²) in [7, 11) is 0. The summed E-state index contributed by atoms with van der Waals surface area (Å²) in [6.45, 7) is 2.18. The molecule has 0 saturated heterocycles. The minimum absolute atomic E-state index is 0.101. The highest BCUT2D eigenvalue weighted by atomic mass is 16.6. The van der Waals surface area contributed by atoms with Gasteiger partial charge in [-0.15, -0.1) is 0 Å². The van der Waals surface area contributed by atoms with Crippen molar-refractivity contribution in [3.8, 4) is 17.4 Å². The smallest absolute Gasteiger partial charge is 0.287 e. The molecule has 0 saturated carbocycles. The Labute approximate surface area is 120 Å². The van der Waals surface area contributed by atoms with Crippen LogP contribution in [0.3, 0.4) is 0 Å². The third-order valence-corrected chi connectivity index (χ3v) is 2.64. The topological polar surface area (TPSA) is 94.7 Å². The fourth-order valence-electron chi connectivity index (χ4n) is 1.66. The molecule has 1 aromatic carbocycles. The molecule has 0 unspecified atom stereocenters. The minimum Gasteiger partial charge on any atom is -0.490 e. The number of aliphatic hydroxyl groups is 1. The molecule has 1 heterocycles. The van der Waals surface area contributed by atoms with Gasteiger partial charge in [0.1, 0.15) is 6.20 Å². The molecule has 0 aliphatic rings. The highest BCUT2D eigenvalue weighted by Crippen LogP contribution is 2.32. The minimum atomic E-state index is -0.529. The average molecular weight is 290 g/mol. The second-order valence-electron chi connectivity index (χ2n) is 4.09. The van der Waals surface area contributed by atoms with Crippen molar-refractivity contribution in [3.05, 3.63) is 52.2 Å². The summed E-state index contributed by atoms with van der Waals surface area (Å²) in [5, 5.41) is 19.7. The summed E-state index contributed by atoms with van der Waals surface area (Å²) in [6.07, 6.45) is 1.12. The van der Waals surface area contributed by atoms with E-state index >= 15 is 0 Å². The van der Waals surface area contributed by atoms with Gasteiger partial charge in [-0.25, -0.2) is 4.98 Å². The highest BCUT2D eigenvalue weighted by Gasteiger charge is 2.10. The molecular formula is C14H14N2O5. The Morgan fingerprint density at radius 1 is 1.29 bits per heavy atom. The first-order chi connectivity index (χ1) is 10.1. The molecule has 1 N–H and O–H groups in total. The zero-order chi connectivity index (χ0) is 15.2. The predicted octanol–water partition coefficient (Wildman–Crippen LogP) is 2.67. The number of aromatic nitrogens is 1. The largest absolute Gasteiger partial charge is 0.490 e. The lowest BCUT2D eigenvalue weighted by Crippen LogP contribution is -1.97. The summed E-state index contributed by atoms with van der Waals surface area (Å²) in [5.41, 5.74) is 0.588. The summed E-state index contributed by atoms with van der Waals surface area (Å²) in [4.78, 5) is 13.9. The first-order valence-corrected chi connectivity index (χ1v) is 6.29. The van der Waals surface area contributed by atoms with Crippen molar-refractivity contribution >= 4 is 5.69 Å². The maximum absolute atomic E-state index is 10.6. The van der Waals surface area contributed by atoms with Crippen molar-refractivity contribution in [2.45, 2.75) is 13.5 Å². The van der Waals surface area contributed by atoms with Crippen LogP contribution in [0.5, 0.6) is 17.4 Å². The van der Waals surface area contributed by atoms with Gasteiger partial charge in [-0.1, -0.05) is 6.07 Å². The number of ether oxygens (including phenoxy) is 2. The molecule has 0 aliphatic heterocycles. The fourth-order valence-corrected chi connectivity index (χ4v) is 1.66. The number of hydrogen-bond acceptors (Lipinski definition) is 6. The number of nitrogens with zero attached hydrogens (tertiary/aromatic N) is 2. The lowest BCUT2D eigenvalue weighted by molar-refractivity contribution is -0.385. The molecule has 110 valence electrons. The van der Waals surface area contributed by atoms with Crippen LogP contribution in [0.15, 0.2) is 36.5 Å². The van der Waals surface area contributed by atoms with Gasteiger partial charge in [0.2, 0.25) is 5.88 Å². The van der Waals surface area contributed by atoms with Gasteiger partial charge in [0.25, 0.3) is 5.69 Å². The summed E-state index contributed by atoms with van der Waals surface area (Å²) in [6, 6.07) is 7.74. The molecular weight excluding hydrogens is 276 g/mol. The fraction of sp³-hybridized carbons (Fsp3) is 0.214. The van der Waals surface area contributed by atoms with Gasteiger partial charge >= 0.3 is 0 Å². The van der Waals surface area contributed by atoms with Crippen LogP contribution >= 0.6 is 0 Å². The first-order valence-electron chi connectivity index (χ1n) is 6.29. The van der Waals surface area contributed by atoms with Gasteiger partial charge < -0.3 is 14.6 Å². The Morgan fingerprint density at radius 3 is 2.67 bits per heavy atom. The molecule has 1 aromatic heterocycles. The molecule has 0 fully saturated rings. The van der Waals surface area contributed by atoms with E-state index in [1.54, 1.807) is 18.2 Å². The molecule has 2 aromatic rings. The van der Waals surface area contributed by atoms with E-state index in [4.69, 9.17) is 14.6 Å². The van der Waals surface area contributed by atoms with Crippen LogP contribution in [-0.2, 0) is 6.61 Å². The first kappa shape index (κ1) is 14.7. The molecule has 0 amide bonds. The summed E-state index contributed by atoms with van der Waals surface area (Å²) < 4.78 is 11.0. The van der Waals surface area contributed by atoms with E-state index in [0.29, 0.717) is 23.7 Å². The number of aliphatic hydroxyl groups excluding tert-OH is 1. The predicted molar refractivity (Wildman–Crippen MR) is 74.5 cm³/mol. The van der Waals surface area contributed by atoms with Gasteiger partial charge in [-0.3, -0.25) is 10.1 Å². The number of rotatable bonds is 6. The third-order valence-electron chi connectivity index (χ3n) is 2.64. The molecule has 7 nitrogen and oxygen atoms in total. The number of benzene rings is 1. The van der Waals surface area contributed by atoms with Gasteiger partial charge in [-0.2, -0.15) is 0 Å². The lowest BCUT2D eigenvalue weighted by atomic mass is 10.2. The van der Waals surface area contributed by atoms with Crippen LogP contribution in [0.25, 0.3) is 0 Å². The van der Waals surface area contributed by atoms with Crippen LogP contribution in [0, 0.1) is 10.1 Å². The molecule has 2 rings (SSSR count). The second kappa shape index (κ2) is 6.67. The number of hydrogen-bond donors (Lipinski definition) is 1. The Bertz CT molecular complexity index is 628. The Balaban J connectivity index is 2.23. The van der Waals surface area contributed by atoms with Gasteiger partial charge in [0, 0.05) is 12.1 Å². The molecule has 0 radical (unpaired) electrons. The molecule has 7 heteroatoms. The Hall–Kier alpha value is -2.67. The lowest BCUT2D eigenvalue weighted by Gasteiger charge is -2.11. The van der Waals surface area contributed by atoms with Gasteiger partial charge in [0.15, 0.2) is 11.5 Å². The van der Waals surface area contributed by atoms with Crippen molar-refractivity contribution in [1.29, 1.82) is 0 Å². The number of nitro groups is 1. The van der Waals surface area contributed by atoms with Crippen LogP contribution in [0.1, 0.15) is 12.5 Å². The van der Waals surface area contributed by atoms with Crippen LogP contribution in [0.4, 0.5) is 5.69 Å². The van der Waals surface area contributed by atoms with Crippen LogP contribution in [0.2, 0.25) is 0 Å². The average Bonchev–Trinajstić information content (AvgIpc) is 2.49. The van der Waals surface area contributed by atoms with Crippen molar-refractivity contribution < 1.29 is 19.5 Å². The number of pyridine rings is 1. The molecule has 0 spiro atoms. The third kappa shape index (κ3) is 3.67.